The molecule has 0 aliphatic carbocycles. The fraction of sp³-hybridized carbons (Fsp3) is 0.375. The molecule has 0 spiro atoms. The minimum atomic E-state index is -0.213. The highest BCUT2D eigenvalue weighted by atomic mass is 16.5. The van der Waals surface area contributed by atoms with Crippen LogP contribution in [0.5, 0.6) is 17.2 Å². The fourth-order valence-electron chi connectivity index (χ4n) is 4.57. The van der Waals surface area contributed by atoms with Crippen LogP contribution in [0.1, 0.15) is 17.9 Å². The van der Waals surface area contributed by atoms with Gasteiger partial charge in [0, 0.05) is 29.7 Å². The Bertz CT molecular complexity index is 1150. The van der Waals surface area contributed by atoms with E-state index in [-0.39, 0.29) is 24.0 Å². The molecular formula is C24H27NO6. The van der Waals surface area contributed by atoms with Crippen molar-refractivity contribution < 1.29 is 23.7 Å². The zero-order valence-corrected chi connectivity index (χ0v) is 18.2. The van der Waals surface area contributed by atoms with Gasteiger partial charge in [0.1, 0.15) is 34.0 Å². The van der Waals surface area contributed by atoms with Gasteiger partial charge in [-0.1, -0.05) is 12.1 Å². The predicted octanol–water partition coefficient (Wildman–Crippen LogP) is 3.27. The van der Waals surface area contributed by atoms with E-state index in [1.165, 1.54) is 13.2 Å². The lowest BCUT2D eigenvalue weighted by Gasteiger charge is -2.25. The Morgan fingerprint density at radius 3 is 2.45 bits per heavy atom. The van der Waals surface area contributed by atoms with Crippen LogP contribution in [0.25, 0.3) is 22.3 Å². The number of hydrogen-bond acceptors (Lipinski definition) is 7. The SMILES string of the molecule is COc1ccccc1-c1cc(=O)c2c(OC)cc(OC)c([C@H]3CCN(C)[C@@H]3CO)c2o1. The molecule has 7 heteroatoms. The van der Waals surface area contributed by atoms with Gasteiger partial charge in [-0.15, -0.1) is 0 Å². The fourth-order valence-corrected chi connectivity index (χ4v) is 4.57. The molecule has 1 aromatic heterocycles. The average molecular weight is 425 g/mol. The number of fused-ring (bicyclic) bond motifs is 1. The molecule has 0 amide bonds. The van der Waals surface area contributed by atoms with Crippen molar-refractivity contribution in [1.29, 1.82) is 0 Å². The summed E-state index contributed by atoms with van der Waals surface area (Å²) in [5, 5.41) is 10.4. The third kappa shape index (κ3) is 3.54. The second-order valence-corrected chi connectivity index (χ2v) is 7.70. The maximum absolute atomic E-state index is 13.3. The second-order valence-electron chi connectivity index (χ2n) is 7.70. The summed E-state index contributed by atoms with van der Waals surface area (Å²) in [6.45, 7) is 0.817. The molecule has 7 nitrogen and oxygen atoms in total. The maximum atomic E-state index is 13.3. The summed E-state index contributed by atoms with van der Waals surface area (Å²) in [7, 11) is 6.66. The Labute approximate surface area is 180 Å². The van der Waals surface area contributed by atoms with Crippen LogP contribution >= 0.6 is 0 Å². The number of aliphatic hydroxyl groups excluding tert-OH is 1. The number of rotatable bonds is 6. The van der Waals surface area contributed by atoms with Crippen molar-refractivity contribution in [3.63, 3.8) is 0 Å². The van der Waals surface area contributed by atoms with Gasteiger partial charge < -0.3 is 28.6 Å². The highest BCUT2D eigenvalue weighted by molar-refractivity contribution is 5.90. The number of hydrogen-bond donors (Lipinski definition) is 1. The summed E-state index contributed by atoms with van der Waals surface area (Å²) in [6.07, 6.45) is 0.808. The van der Waals surface area contributed by atoms with Crippen LogP contribution in [-0.4, -0.2) is 57.6 Å². The van der Waals surface area contributed by atoms with Gasteiger partial charge in [-0.05, 0) is 32.1 Å². The molecule has 1 saturated heterocycles. The van der Waals surface area contributed by atoms with Gasteiger partial charge in [0.25, 0.3) is 0 Å². The first-order valence-electron chi connectivity index (χ1n) is 10.2. The van der Waals surface area contributed by atoms with Crippen LogP contribution in [0.4, 0.5) is 0 Å². The van der Waals surface area contributed by atoms with E-state index in [1.54, 1.807) is 20.3 Å². The molecule has 0 radical (unpaired) electrons. The molecule has 31 heavy (non-hydrogen) atoms. The van der Waals surface area contributed by atoms with Gasteiger partial charge in [0.15, 0.2) is 5.43 Å². The number of benzene rings is 2. The Kier molecular flexibility index (Phi) is 5.89. The van der Waals surface area contributed by atoms with E-state index in [0.717, 1.165) is 18.5 Å². The zero-order chi connectivity index (χ0) is 22.1. The number of likely N-dealkylation sites (N-methyl/N-ethyl adjacent to an activating group) is 1. The van der Waals surface area contributed by atoms with Crippen molar-refractivity contribution in [2.24, 2.45) is 0 Å². The number of likely N-dealkylation sites (tertiary alicyclic amines) is 1. The third-order valence-corrected chi connectivity index (χ3v) is 6.16. The smallest absolute Gasteiger partial charge is 0.197 e. The largest absolute Gasteiger partial charge is 0.496 e. The van der Waals surface area contributed by atoms with Crippen molar-refractivity contribution in [3.05, 3.63) is 52.2 Å². The van der Waals surface area contributed by atoms with Crippen molar-refractivity contribution in [2.75, 3.05) is 41.5 Å². The molecule has 1 aliphatic rings. The lowest BCUT2D eigenvalue weighted by atomic mass is 9.89. The molecule has 3 aromatic rings. The van der Waals surface area contributed by atoms with Gasteiger partial charge >= 0.3 is 0 Å². The second kappa shape index (κ2) is 8.61. The van der Waals surface area contributed by atoms with E-state index in [1.807, 2.05) is 31.3 Å². The van der Waals surface area contributed by atoms with E-state index < -0.39 is 0 Å². The molecule has 2 atom stereocenters. The summed E-state index contributed by atoms with van der Waals surface area (Å²) >= 11 is 0. The molecule has 4 rings (SSSR count). The van der Waals surface area contributed by atoms with Gasteiger partial charge in [-0.25, -0.2) is 0 Å². The number of para-hydroxylation sites is 1. The Balaban J connectivity index is 2.06. The summed E-state index contributed by atoms with van der Waals surface area (Å²) in [6, 6.07) is 10.5. The first-order valence-corrected chi connectivity index (χ1v) is 10.2. The first-order chi connectivity index (χ1) is 15.0. The molecule has 0 bridgehead atoms. The lowest BCUT2D eigenvalue weighted by Crippen LogP contribution is -2.32. The molecule has 1 aliphatic heterocycles. The molecule has 0 saturated carbocycles. The van der Waals surface area contributed by atoms with Crippen molar-refractivity contribution in [2.45, 2.75) is 18.4 Å². The average Bonchev–Trinajstić information content (AvgIpc) is 3.17. The highest BCUT2D eigenvalue weighted by Gasteiger charge is 2.37. The third-order valence-electron chi connectivity index (χ3n) is 6.16. The van der Waals surface area contributed by atoms with Crippen LogP contribution < -0.4 is 19.6 Å². The van der Waals surface area contributed by atoms with Crippen LogP contribution in [0.2, 0.25) is 0 Å². The normalized spacial score (nSPS) is 19.0. The molecular weight excluding hydrogens is 398 g/mol. The number of ether oxygens (including phenoxy) is 3. The number of nitrogens with zero attached hydrogens (tertiary/aromatic N) is 1. The van der Waals surface area contributed by atoms with Gasteiger partial charge in [-0.2, -0.15) is 0 Å². The maximum Gasteiger partial charge on any atom is 0.197 e. The summed E-state index contributed by atoms with van der Waals surface area (Å²) in [5.41, 5.74) is 1.66. The zero-order valence-electron chi connectivity index (χ0n) is 18.2. The van der Waals surface area contributed by atoms with Crippen molar-refractivity contribution in [3.8, 4) is 28.6 Å². The lowest BCUT2D eigenvalue weighted by molar-refractivity contribution is 0.171. The minimum absolute atomic E-state index is 0.00568. The topological polar surface area (TPSA) is 81.4 Å². The van der Waals surface area contributed by atoms with E-state index >= 15 is 0 Å². The Morgan fingerprint density at radius 1 is 1.06 bits per heavy atom. The first kappa shape index (κ1) is 21.2. The quantitative estimate of drug-likeness (QED) is 0.649. The molecule has 164 valence electrons. The highest BCUT2D eigenvalue weighted by Crippen LogP contribution is 2.45. The van der Waals surface area contributed by atoms with Crippen LogP contribution in [0.3, 0.4) is 0 Å². The predicted molar refractivity (Wildman–Crippen MR) is 118 cm³/mol. The van der Waals surface area contributed by atoms with Gasteiger partial charge in [0.2, 0.25) is 0 Å². The molecule has 1 fully saturated rings. The van der Waals surface area contributed by atoms with Gasteiger partial charge in [-0.3, -0.25) is 4.79 Å². The van der Waals surface area contributed by atoms with Crippen LogP contribution in [-0.2, 0) is 0 Å². The summed E-state index contributed by atoms with van der Waals surface area (Å²) in [5.74, 6) is 1.91. The monoisotopic (exact) mass is 425 g/mol. The standard InChI is InChI=1S/C24H27NO6/c1-25-10-9-14(16(25)13-26)22-20(29-3)12-21(30-4)23-17(27)11-19(31-24(22)23)15-7-5-6-8-18(15)28-2/h5-8,11-12,14,16,26H,9-10,13H2,1-4H3/t14-,16+/m0/s1. The Hall–Kier alpha value is -3.03. The van der Waals surface area contributed by atoms with Crippen molar-refractivity contribution in [1.82, 2.24) is 4.90 Å². The molecule has 2 heterocycles. The number of aliphatic hydroxyl groups is 1. The number of methoxy groups -OCH3 is 3. The summed E-state index contributed by atoms with van der Waals surface area (Å²) < 4.78 is 23.1. The van der Waals surface area contributed by atoms with Crippen LogP contribution in [0, 0.1) is 0 Å². The van der Waals surface area contributed by atoms with E-state index in [4.69, 9.17) is 18.6 Å². The molecule has 2 aromatic carbocycles. The minimum Gasteiger partial charge on any atom is -0.496 e. The molecule has 1 N–H and O–H groups in total. The Morgan fingerprint density at radius 2 is 1.77 bits per heavy atom. The summed E-state index contributed by atoms with van der Waals surface area (Å²) in [4.78, 5) is 15.4. The van der Waals surface area contributed by atoms with Crippen molar-refractivity contribution >= 4 is 11.0 Å². The van der Waals surface area contributed by atoms with E-state index in [0.29, 0.717) is 39.5 Å². The van der Waals surface area contributed by atoms with Gasteiger partial charge in [0.05, 0.1) is 33.5 Å². The van der Waals surface area contributed by atoms with E-state index in [2.05, 4.69) is 4.90 Å². The molecule has 0 unspecified atom stereocenters. The van der Waals surface area contributed by atoms with E-state index in [9.17, 15) is 9.90 Å². The van der Waals surface area contributed by atoms with Crippen LogP contribution in [0.15, 0.2) is 45.6 Å².